The van der Waals surface area contributed by atoms with E-state index in [0.717, 1.165) is 0 Å². The fourth-order valence-corrected chi connectivity index (χ4v) is 5.78. The summed E-state index contributed by atoms with van der Waals surface area (Å²) in [6, 6.07) is 0. The predicted molar refractivity (Wildman–Crippen MR) is 143 cm³/mol. The van der Waals surface area contributed by atoms with E-state index in [1.54, 1.807) is 0 Å². The van der Waals surface area contributed by atoms with Crippen molar-refractivity contribution in [3.63, 3.8) is 0 Å². The van der Waals surface area contributed by atoms with Crippen molar-refractivity contribution >= 4 is 11.8 Å². The SMILES string of the molecule is CCCCCCCCCCCCCCCCCC[N+](CC)(CC)CCSCCCC.[Br-]. The Morgan fingerprint density at radius 2 is 0.806 bits per heavy atom. The summed E-state index contributed by atoms with van der Waals surface area (Å²) in [5.74, 6) is 2.73. The maximum Gasteiger partial charge on any atom is 0.0878 e. The zero-order valence-electron chi connectivity index (χ0n) is 22.2. The van der Waals surface area contributed by atoms with Gasteiger partial charge in [0.2, 0.25) is 0 Å². The lowest BCUT2D eigenvalue weighted by Crippen LogP contribution is -3.00. The number of hydrogen-bond acceptors (Lipinski definition) is 1. The molecular formula is C28H60BrNS. The molecule has 0 unspecified atom stereocenters. The van der Waals surface area contributed by atoms with Crippen LogP contribution in [0.3, 0.4) is 0 Å². The van der Waals surface area contributed by atoms with Gasteiger partial charge in [0.1, 0.15) is 0 Å². The van der Waals surface area contributed by atoms with Gasteiger partial charge in [0.15, 0.2) is 0 Å². The molecule has 190 valence electrons. The first-order valence-electron chi connectivity index (χ1n) is 14.2. The number of unbranched alkanes of at least 4 members (excludes halogenated alkanes) is 16. The molecular weight excluding hydrogens is 462 g/mol. The molecule has 0 saturated carbocycles. The quantitative estimate of drug-likeness (QED) is 0.0957. The van der Waals surface area contributed by atoms with Gasteiger partial charge in [0, 0.05) is 5.75 Å². The van der Waals surface area contributed by atoms with Gasteiger partial charge in [-0.25, -0.2) is 0 Å². The molecule has 0 saturated heterocycles. The zero-order chi connectivity index (χ0) is 22.2. The molecule has 0 rings (SSSR count). The number of quaternary nitrogens is 1. The normalized spacial score (nSPS) is 11.6. The van der Waals surface area contributed by atoms with Gasteiger partial charge in [-0.2, -0.15) is 11.8 Å². The number of hydrogen-bond donors (Lipinski definition) is 0. The van der Waals surface area contributed by atoms with Gasteiger partial charge < -0.3 is 21.5 Å². The second kappa shape index (κ2) is 27.0. The third-order valence-corrected chi connectivity index (χ3v) is 8.23. The van der Waals surface area contributed by atoms with Crippen molar-refractivity contribution in [3.8, 4) is 0 Å². The number of rotatable bonds is 25. The molecule has 0 aromatic rings. The monoisotopic (exact) mass is 521 g/mol. The Kier molecular flexibility index (Phi) is 29.6. The lowest BCUT2D eigenvalue weighted by molar-refractivity contribution is -0.922. The minimum atomic E-state index is 0. The van der Waals surface area contributed by atoms with E-state index >= 15 is 0 Å². The van der Waals surface area contributed by atoms with E-state index in [1.807, 2.05) is 0 Å². The van der Waals surface area contributed by atoms with E-state index in [0.29, 0.717) is 0 Å². The highest BCUT2D eigenvalue weighted by atomic mass is 79.9. The Balaban J connectivity index is 0. The van der Waals surface area contributed by atoms with Crippen molar-refractivity contribution in [2.24, 2.45) is 0 Å². The largest absolute Gasteiger partial charge is 1.00 e. The van der Waals surface area contributed by atoms with Gasteiger partial charge in [-0.3, -0.25) is 0 Å². The Labute approximate surface area is 213 Å². The number of nitrogens with zero attached hydrogens (tertiary/aromatic N) is 1. The molecule has 1 nitrogen and oxygen atoms in total. The van der Waals surface area contributed by atoms with Crippen LogP contribution in [0.5, 0.6) is 0 Å². The third kappa shape index (κ3) is 22.4. The van der Waals surface area contributed by atoms with E-state index in [2.05, 4.69) is 39.5 Å². The molecule has 0 aliphatic carbocycles. The first-order valence-corrected chi connectivity index (χ1v) is 15.3. The van der Waals surface area contributed by atoms with Gasteiger partial charge >= 0.3 is 0 Å². The van der Waals surface area contributed by atoms with Crippen molar-refractivity contribution in [3.05, 3.63) is 0 Å². The van der Waals surface area contributed by atoms with Crippen molar-refractivity contribution in [1.29, 1.82) is 0 Å². The second-order valence-corrected chi connectivity index (χ2v) is 10.9. The highest BCUT2D eigenvalue weighted by Gasteiger charge is 2.21. The summed E-state index contributed by atoms with van der Waals surface area (Å²) < 4.78 is 1.36. The minimum absolute atomic E-state index is 0. The topological polar surface area (TPSA) is 0 Å². The molecule has 0 atom stereocenters. The maximum absolute atomic E-state index is 2.41. The highest BCUT2D eigenvalue weighted by molar-refractivity contribution is 7.99. The van der Waals surface area contributed by atoms with Crippen molar-refractivity contribution in [2.45, 2.75) is 143 Å². The Morgan fingerprint density at radius 3 is 1.19 bits per heavy atom. The maximum atomic E-state index is 2.41. The second-order valence-electron chi connectivity index (χ2n) is 9.69. The first-order chi connectivity index (χ1) is 14.7. The fourth-order valence-electron chi connectivity index (χ4n) is 4.57. The van der Waals surface area contributed by atoms with Gasteiger partial charge in [-0.05, 0) is 38.9 Å². The van der Waals surface area contributed by atoms with Crippen LogP contribution in [0.4, 0.5) is 0 Å². The van der Waals surface area contributed by atoms with Crippen LogP contribution in [0.1, 0.15) is 143 Å². The van der Waals surface area contributed by atoms with Crippen molar-refractivity contribution < 1.29 is 21.5 Å². The summed E-state index contributed by atoms with van der Waals surface area (Å²) in [4.78, 5) is 0. The molecule has 0 spiro atoms. The summed E-state index contributed by atoms with van der Waals surface area (Å²) in [7, 11) is 0. The molecule has 0 aliphatic heterocycles. The molecule has 0 heterocycles. The summed E-state index contributed by atoms with van der Waals surface area (Å²) in [5, 5.41) is 0. The standard InChI is InChI=1S/C28H60NS.BrH/c1-5-9-11-12-13-14-15-16-17-18-19-20-21-22-23-24-25-29(7-3,8-4)26-28-30-27-10-6-2;/h5-28H2,1-4H3;1H/q+1;/p-1. The molecule has 0 bridgehead atoms. The van der Waals surface area contributed by atoms with E-state index in [4.69, 9.17) is 0 Å². The van der Waals surface area contributed by atoms with Crippen LogP contribution in [0, 0.1) is 0 Å². The van der Waals surface area contributed by atoms with Crippen molar-refractivity contribution in [2.75, 3.05) is 37.7 Å². The molecule has 31 heavy (non-hydrogen) atoms. The van der Waals surface area contributed by atoms with Crippen LogP contribution in [-0.2, 0) is 0 Å². The van der Waals surface area contributed by atoms with E-state index in [-0.39, 0.29) is 17.0 Å². The van der Waals surface area contributed by atoms with Crippen LogP contribution in [0.2, 0.25) is 0 Å². The molecule has 0 aliphatic rings. The van der Waals surface area contributed by atoms with Gasteiger partial charge in [0.25, 0.3) is 0 Å². The molecule has 3 heteroatoms. The third-order valence-electron chi connectivity index (χ3n) is 7.18. The highest BCUT2D eigenvalue weighted by Crippen LogP contribution is 2.16. The lowest BCUT2D eigenvalue weighted by atomic mass is 10.0. The zero-order valence-corrected chi connectivity index (χ0v) is 24.6. The lowest BCUT2D eigenvalue weighted by Gasteiger charge is -2.37. The summed E-state index contributed by atoms with van der Waals surface area (Å²) in [6.45, 7) is 14.9. The molecule has 0 aromatic heterocycles. The molecule has 0 radical (unpaired) electrons. The van der Waals surface area contributed by atoms with Crippen LogP contribution in [0.25, 0.3) is 0 Å². The molecule has 0 N–H and O–H groups in total. The Morgan fingerprint density at radius 1 is 0.419 bits per heavy atom. The van der Waals surface area contributed by atoms with Crippen LogP contribution < -0.4 is 17.0 Å². The van der Waals surface area contributed by atoms with Crippen LogP contribution >= 0.6 is 11.8 Å². The summed E-state index contributed by atoms with van der Waals surface area (Å²) in [6.07, 6.45) is 26.2. The number of thioether (sulfide) groups is 1. The average molecular weight is 523 g/mol. The van der Waals surface area contributed by atoms with E-state index in [9.17, 15) is 0 Å². The van der Waals surface area contributed by atoms with Gasteiger partial charge in [-0.1, -0.05) is 110 Å². The molecule has 0 aromatic carbocycles. The first kappa shape index (κ1) is 34.0. The number of halogens is 1. The summed E-state index contributed by atoms with van der Waals surface area (Å²) >= 11 is 2.18. The Hall–Kier alpha value is 0.790. The fraction of sp³-hybridized carbons (Fsp3) is 1.00. The van der Waals surface area contributed by atoms with E-state index < -0.39 is 0 Å². The Bertz CT molecular complexity index is 320. The van der Waals surface area contributed by atoms with Gasteiger partial charge in [0.05, 0.1) is 26.2 Å². The van der Waals surface area contributed by atoms with Crippen LogP contribution in [0.15, 0.2) is 0 Å². The van der Waals surface area contributed by atoms with E-state index in [1.165, 1.54) is 158 Å². The average Bonchev–Trinajstić information content (AvgIpc) is 2.77. The molecule has 0 fully saturated rings. The van der Waals surface area contributed by atoms with Crippen LogP contribution in [-0.4, -0.2) is 42.2 Å². The minimum Gasteiger partial charge on any atom is -1.00 e. The van der Waals surface area contributed by atoms with Gasteiger partial charge in [-0.15, -0.1) is 0 Å². The van der Waals surface area contributed by atoms with Crippen molar-refractivity contribution in [1.82, 2.24) is 0 Å². The summed E-state index contributed by atoms with van der Waals surface area (Å²) in [5.41, 5.74) is 0. The smallest absolute Gasteiger partial charge is 0.0878 e. The molecule has 0 amide bonds. The predicted octanol–water partition coefficient (Wildman–Crippen LogP) is 6.64.